The first-order valence-corrected chi connectivity index (χ1v) is 21.5. The second kappa shape index (κ2) is 15.9. The second-order valence-corrected chi connectivity index (χ2v) is 17.0. The van der Waals surface area contributed by atoms with Crippen LogP contribution in [0.2, 0.25) is 0 Å². The first-order valence-electron chi connectivity index (χ1n) is 21.5. The lowest BCUT2D eigenvalue weighted by molar-refractivity contribution is 0.786. The van der Waals surface area contributed by atoms with Crippen LogP contribution >= 0.6 is 0 Å². The van der Waals surface area contributed by atoms with Gasteiger partial charge in [-0.1, -0.05) is 146 Å². The van der Waals surface area contributed by atoms with Crippen LogP contribution in [0, 0.1) is 0 Å². The Kier molecular flexibility index (Phi) is 9.92. The van der Waals surface area contributed by atoms with Gasteiger partial charge in [0.05, 0.1) is 5.41 Å². The number of hydrogen-bond acceptors (Lipinski definition) is 4. The molecule has 0 N–H and O–H groups in total. The van der Waals surface area contributed by atoms with Gasteiger partial charge >= 0.3 is 0 Å². The van der Waals surface area contributed by atoms with Crippen LogP contribution in [-0.4, -0.2) is 28.2 Å². The highest BCUT2D eigenvalue weighted by Gasteiger charge is 2.52. The largest absolute Gasteiger partial charge is 0.370 e. The van der Waals surface area contributed by atoms with E-state index in [2.05, 4.69) is 242 Å². The van der Waals surface area contributed by atoms with E-state index in [0.717, 1.165) is 26.2 Å². The molecule has 8 aromatic rings. The first-order chi connectivity index (χ1) is 29.9. The molecule has 0 aromatic heterocycles. The molecule has 0 aliphatic heterocycles. The van der Waals surface area contributed by atoms with Gasteiger partial charge in [0.15, 0.2) is 0 Å². The summed E-state index contributed by atoms with van der Waals surface area (Å²) in [6.45, 7) is 3.29. The maximum absolute atomic E-state index is 2.51. The van der Waals surface area contributed by atoms with E-state index in [9.17, 15) is 0 Å². The predicted molar refractivity (Wildman–Crippen MR) is 257 cm³/mol. The molecule has 8 aromatic carbocycles. The molecule has 4 heteroatoms. The van der Waals surface area contributed by atoms with Gasteiger partial charge in [-0.05, 0) is 115 Å². The summed E-state index contributed by atoms with van der Waals surface area (Å²) in [4.78, 5) is 9.60. The molecule has 0 heterocycles. The Labute approximate surface area is 361 Å². The van der Waals surface area contributed by atoms with Gasteiger partial charge in [0, 0.05) is 77.1 Å². The molecular weight excluding hydrogens is 741 g/mol. The van der Waals surface area contributed by atoms with E-state index < -0.39 is 5.41 Å². The van der Waals surface area contributed by atoms with Gasteiger partial charge < -0.3 is 19.6 Å². The summed E-state index contributed by atoms with van der Waals surface area (Å²) in [5, 5.41) is 0. The molecule has 4 nitrogen and oxygen atoms in total. The molecular formula is C57H52N4. The van der Waals surface area contributed by atoms with Crippen molar-refractivity contribution in [1.82, 2.24) is 0 Å². The van der Waals surface area contributed by atoms with E-state index in [-0.39, 0.29) is 0 Å². The van der Waals surface area contributed by atoms with Gasteiger partial charge in [-0.25, -0.2) is 0 Å². The smallest absolute Gasteiger partial charge is 0.0728 e. The van der Waals surface area contributed by atoms with Gasteiger partial charge in [-0.3, -0.25) is 0 Å². The summed E-state index contributed by atoms with van der Waals surface area (Å²) in [6.07, 6.45) is 0. The highest BCUT2D eigenvalue weighted by Crippen LogP contribution is 2.64. The fraction of sp³-hybridized carbons (Fsp3) is 0.158. The Hall–Kier alpha value is -7.04. The van der Waals surface area contributed by atoms with Crippen molar-refractivity contribution in [2.75, 3.05) is 47.8 Å². The monoisotopic (exact) mass is 792 g/mol. The van der Waals surface area contributed by atoms with E-state index in [1.165, 1.54) is 89.5 Å². The first kappa shape index (κ1) is 38.2. The van der Waals surface area contributed by atoms with Gasteiger partial charge in [0.25, 0.3) is 0 Å². The fourth-order valence-corrected chi connectivity index (χ4v) is 9.92. The van der Waals surface area contributed by atoms with E-state index in [1.807, 2.05) is 0 Å². The molecule has 2 aliphatic carbocycles. The van der Waals surface area contributed by atoms with Crippen LogP contribution < -0.4 is 19.6 Å². The molecule has 300 valence electrons. The van der Waals surface area contributed by atoms with Crippen molar-refractivity contribution < 1.29 is 0 Å². The van der Waals surface area contributed by atoms with Gasteiger partial charge in [-0.2, -0.15) is 0 Å². The lowest BCUT2D eigenvalue weighted by atomic mass is 9.70. The molecule has 2 aliphatic rings. The minimum absolute atomic E-state index is 0.560. The van der Waals surface area contributed by atoms with Crippen molar-refractivity contribution in [1.29, 1.82) is 0 Å². The minimum atomic E-state index is -0.560. The summed E-state index contributed by atoms with van der Waals surface area (Å²) < 4.78 is 0. The number of benzene rings is 8. The number of hydrogen-bond donors (Lipinski definition) is 0. The summed E-state index contributed by atoms with van der Waals surface area (Å²) in [5.74, 6) is 0. The SMILES string of the molecule is CN(Cc1ccccc1)c1ccc2c(c1)C1(c3cc(N(C)Cc4ccccc4)ccc3-2)c2cc(N(C)Cc3ccccc3)ccc2-c2ccc(N(C)Cc3ccccc3)cc21. The van der Waals surface area contributed by atoms with Crippen molar-refractivity contribution in [2.45, 2.75) is 31.6 Å². The zero-order valence-electron chi connectivity index (χ0n) is 35.6. The molecule has 0 unspecified atom stereocenters. The third-order valence-electron chi connectivity index (χ3n) is 13.0. The minimum Gasteiger partial charge on any atom is -0.370 e. The summed E-state index contributed by atoms with van der Waals surface area (Å²) in [7, 11) is 8.90. The van der Waals surface area contributed by atoms with Gasteiger partial charge in [-0.15, -0.1) is 0 Å². The van der Waals surface area contributed by atoms with Crippen LogP contribution in [0.4, 0.5) is 22.7 Å². The normalized spacial score (nSPS) is 12.7. The maximum atomic E-state index is 2.51. The zero-order valence-corrected chi connectivity index (χ0v) is 35.6. The van der Waals surface area contributed by atoms with Crippen LogP contribution in [-0.2, 0) is 31.6 Å². The number of nitrogens with zero attached hydrogens (tertiary/aromatic N) is 4. The highest BCUT2D eigenvalue weighted by atomic mass is 15.1. The number of rotatable bonds is 12. The third kappa shape index (κ3) is 6.92. The van der Waals surface area contributed by atoms with Crippen LogP contribution in [0.5, 0.6) is 0 Å². The Morgan fingerprint density at radius 3 is 0.705 bits per heavy atom. The molecule has 61 heavy (non-hydrogen) atoms. The van der Waals surface area contributed by atoms with Crippen molar-refractivity contribution in [2.24, 2.45) is 0 Å². The summed E-state index contributed by atoms with van der Waals surface area (Å²) >= 11 is 0. The Morgan fingerprint density at radius 2 is 0.492 bits per heavy atom. The lowest BCUT2D eigenvalue weighted by Crippen LogP contribution is -2.28. The van der Waals surface area contributed by atoms with Crippen molar-refractivity contribution in [3.63, 3.8) is 0 Å². The molecule has 0 fully saturated rings. The van der Waals surface area contributed by atoms with Crippen molar-refractivity contribution in [3.8, 4) is 22.3 Å². The maximum Gasteiger partial charge on any atom is 0.0728 e. The van der Waals surface area contributed by atoms with Gasteiger partial charge in [0.1, 0.15) is 0 Å². The van der Waals surface area contributed by atoms with Crippen LogP contribution in [0.1, 0.15) is 44.5 Å². The quantitative estimate of drug-likeness (QED) is 0.122. The summed E-state index contributed by atoms with van der Waals surface area (Å²) in [5.41, 5.74) is 20.0. The Balaban J connectivity index is 1.19. The fourth-order valence-electron chi connectivity index (χ4n) is 9.92. The van der Waals surface area contributed by atoms with Gasteiger partial charge in [0.2, 0.25) is 0 Å². The molecule has 0 radical (unpaired) electrons. The van der Waals surface area contributed by atoms with E-state index in [0.29, 0.717) is 0 Å². The van der Waals surface area contributed by atoms with E-state index in [1.54, 1.807) is 0 Å². The second-order valence-electron chi connectivity index (χ2n) is 17.0. The zero-order chi connectivity index (χ0) is 41.5. The molecule has 0 saturated carbocycles. The lowest BCUT2D eigenvalue weighted by Gasteiger charge is -2.33. The predicted octanol–water partition coefficient (Wildman–Crippen LogP) is 12.6. The molecule has 1 spiro atoms. The highest BCUT2D eigenvalue weighted by molar-refractivity contribution is 5.97. The van der Waals surface area contributed by atoms with Crippen molar-refractivity contribution >= 4 is 22.7 Å². The van der Waals surface area contributed by atoms with Crippen LogP contribution in [0.25, 0.3) is 22.3 Å². The average Bonchev–Trinajstić information content (AvgIpc) is 3.76. The molecule has 0 amide bonds. The van der Waals surface area contributed by atoms with Crippen molar-refractivity contribution in [3.05, 3.63) is 239 Å². The number of fused-ring (bicyclic) bond motifs is 10. The number of anilines is 4. The Bertz CT molecular complexity index is 2420. The van der Waals surface area contributed by atoms with E-state index >= 15 is 0 Å². The van der Waals surface area contributed by atoms with Crippen LogP contribution in [0.15, 0.2) is 194 Å². The third-order valence-corrected chi connectivity index (χ3v) is 13.0. The summed E-state index contributed by atoms with van der Waals surface area (Å²) in [6, 6.07) is 72.1. The topological polar surface area (TPSA) is 13.0 Å². The average molecular weight is 793 g/mol. The van der Waals surface area contributed by atoms with E-state index in [4.69, 9.17) is 0 Å². The molecule has 0 bridgehead atoms. The Morgan fingerprint density at radius 1 is 0.279 bits per heavy atom. The molecule has 10 rings (SSSR count). The van der Waals surface area contributed by atoms with Crippen LogP contribution in [0.3, 0.4) is 0 Å². The standard InChI is InChI=1S/C57H52N4/c1-58(37-41-17-9-5-10-18-41)45-25-29-49-50-30-26-46(59(2)38-42-19-11-6-12-20-42)34-54(50)57(53(49)33-45)55-35-47(60(3)39-43-21-13-7-14-22-43)27-31-51(55)52-32-28-48(36-56(52)57)61(4)40-44-23-15-8-16-24-44/h5-36H,37-40H2,1-4H3. The molecule has 0 saturated heterocycles. The molecule has 0 atom stereocenters.